The van der Waals surface area contributed by atoms with Gasteiger partial charge in [0.25, 0.3) is 5.91 Å². The molecule has 2 nitrogen and oxygen atoms in total. The van der Waals surface area contributed by atoms with E-state index in [9.17, 15) is 4.79 Å². The first-order chi connectivity index (χ1) is 6.83. The molecule has 0 radical (unpaired) electrons. The van der Waals surface area contributed by atoms with E-state index >= 15 is 0 Å². The van der Waals surface area contributed by atoms with Crippen LogP contribution in [-0.4, -0.2) is 12.6 Å². The topological polar surface area (TPSA) is 29.4 Å². The van der Waals surface area contributed by atoms with Crippen LogP contribution in [-0.2, 0) is 0 Å². The van der Waals surface area contributed by atoms with Gasteiger partial charge in [-0.1, -0.05) is 36.4 Å². The van der Waals surface area contributed by atoms with Gasteiger partial charge in [-0.05, 0) is 23.6 Å². The van der Waals surface area contributed by atoms with E-state index in [0.29, 0.717) is 5.56 Å². The zero-order chi connectivity index (χ0) is 9.97. The Hall–Kier alpha value is -1.96. The summed E-state index contributed by atoms with van der Waals surface area (Å²) in [6.07, 6.45) is 0. The Labute approximate surface area is 81.9 Å². The second kappa shape index (κ2) is 3.42. The first-order valence-corrected chi connectivity index (χ1v) is 4.32. The number of rotatable bonds is 1. The zero-order valence-electron chi connectivity index (χ0n) is 7.60. The largest absolute Gasteiger partial charge is 0.276 e. The molecule has 68 valence electrons. The number of carbonyl (C=O) groups excluding carboxylic acids is 1. The molecular weight excluding hydrogens is 174 g/mol. The molecule has 2 heteroatoms. The van der Waals surface area contributed by atoms with Gasteiger partial charge in [0.15, 0.2) is 0 Å². The smallest absolute Gasteiger partial charge is 0.267 e. The van der Waals surface area contributed by atoms with Gasteiger partial charge in [-0.25, -0.2) is 4.99 Å². The van der Waals surface area contributed by atoms with Crippen molar-refractivity contribution in [2.75, 3.05) is 0 Å². The van der Waals surface area contributed by atoms with Crippen LogP contribution in [0, 0.1) is 0 Å². The van der Waals surface area contributed by atoms with Gasteiger partial charge in [-0.2, -0.15) is 0 Å². The molecule has 14 heavy (non-hydrogen) atoms. The van der Waals surface area contributed by atoms with Crippen molar-refractivity contribution in [3.63, 3.8) is 0 Å². The second-order valence-corrected chi connectivity index (χ2v) is 2.99. The van der Waals surface area contributed by atoms with Gasteiger partial charge in [0.2, 0.25) is 0 Å². The number of fused-ring (bicyclic) bond motifs is 1. The van der Waals surface area contributed by atoms with E-state index < -0.39 is 0 Å². The van der Waals surface area contributed by atoms with Crippen molar-refractivity contribution in [3.8, 4) is 0 Å². The average molecular weight is 183 g/mol. The molecule has 0 atom stereocenters. The normalized spacial score (nSPS) is 10.0. The lowest BCUT2D eigenvalue weighted by Gasteiger charge is -2.01. The number of carbonyl (C=O) groups is 1. The van der Waals surface area contributed by atoms with E-state index in [2.05, 4.69) is 11.7 Å². The molecule has 0 saturated carbocycles. The van der Waals surface area contributed by atoms with Gasteiger partial charge in [0, 0.05) is 5.56 Å². The highest BCUT2D eigenvalue weighted by molar-refractivity contribution is 6.08. The van der Waals surface area contributed by atoms with Crippen molar-refractivity contribution >= 4 is 23.4 Å². The first kappa shape index (κ1) is 8.63. The molecule has 0 fully saturated rings. The summed E-state index contributed by atoms with van der Waals surface area (Å²) in [6, 6.07) is 13.3. The number of aliphatic imine (C=N–C) groups is 1. The van der Waals surface area contributed by atoms with Crippen molar-refractivity contribution in [2.24, 2.45) is 4.99 Å². The van der Waals surface area contributed by atoms with E-state index in [-0.39, 0.29) is 5.91 Å². The van der Waals surface area contributed by atoms with Crippen LogP contribution in [0.5, 0.6) is 0 Å². The molecule has 2 aromatic rings. The summed E-state index contributed by atoms with van der Waals surface area (Å²) in [6.45, 7) is 3.24. The number of nitrogens with zero attached hydrogens (tertiary/aromatic N) is 1. The number of amides is 1. The molecule has 0 aliphatic carbocycles. The van der Waals surface area contributed by atoms with Crippen molar-refractivity contribution in [1.82, 2.24) is 0 Å². The molecule has 0 aliphatic rings. The molecule has 0 unspecified atom stereocenters. The fourth-order valence-electron chi connectivity index (χ4n) is 1.50. The standard InChI is InChI=1S/C12H9NO/c1-13-12(14)11-8-4-6-9-5-2-3-7-10(9)11/h2-8H,1H2. The third kappa shape index (κ3) is 1.31. The predicted octanol–water partition coefficient (Wildman–Crippen LogP) is 2.68. The Balaban J connectivity index is 2.77. The molecule has 1 amide bonds. The minimum absolute atomic E-state index is 0.276. The molecule has 0 saturated heterocycles. The van der Waals surface area contributed by atoms with E-state index in [1.54, 1.807) is 6.07 Å². The van der Waals surface area contributed by atoms with E-state index in [0.717, 1.165) is 10.8 Å². The van der Waals surface area contributed by atoms with Crippen LogP contribution in [0.15, 0.2) is 47.5 Å². The molecule has 0 aliphatic heterocycles. The van der Waals surface area contributed by atoms with Gasteiger partial charge in [0.05, 0.1) is 0 Å². The van der Waals surface area contributed by atoms with Crippen LogP contribution in [0.2, 0.25) is 0 Å². The average Bonchev–Trinajstić information content (AvgIpc) is 2.27. The van der Waals surface area contributed by atoms with Crippen molar-refractivity contribution in [3.05, 3.63) is 48.0 Å². The maximum absolute atomic E-state index is 11.4. The van der Waals surface area contributed by atoms with Gasteiger partial charge < -0.3 is 0 Å². The minimum Gasteiger partial charge on any atom is -0.267 e. The van der Waals surface area contributed by atoms with Crippen molar-refractivity contribution in [1.29, 1.82) is 0 Å². The van der Waals surface area contributed by atoms with Gasteiger partial charge in [0.1, 0.15) is 0 Å². The predicted molar refractivity (Wildman–Crippen MR) is 57.8 cm³/mol. The Bertz CT molecular complexity index is 497. The lowest BCUT2D eigenvalue weighted by Crippen LogP contribution is -1.94. The Morgan fingerprint density at radius 3 is 2.57 bits per heavy atom. The number of hydrogen-bond acceptors (Lipinski definition) is 1. The summed E-state index contributed by atoms with van der Waals surface area (Å²) < 4.78 is 0. The third-order valence-electron chi connectivity index (χ3n) is 2.16. The fraction of sp³-hybridized carbons (Fsp3) is 0. The first-order valence-electron chi connectivity index (χ1n) is 4.32. The van der Waals surface area contributed by atoms with Gasteiger partial charge in [-0.3, -0.25) is 4.79 Å². The molecule has 2 aromatic carbocycles. The van der Waals surface area contributed by atoms with Crippen LogP contribution in [0.25, 0.3) is 10.8 Å². The molecule has 0 heterocycles. The van der Waals surface area contributed by atoms with E-state index in [1.165, 1.54) is 0 Å². The van der Waals surface area contributed by atoms with Gasteiger partial charge >= 0.3 is 0 Å². The SMILES string of the molecule is C=NC(=O)c1cccc2ccccc12. The third-order valence-corrected chi connectivity index (χ3v) is 2.16. The summed E-state index contributed by atoms with van der Waals surface area (Å²) >= 11 is 0. The summed E-state index contributed by atoms with van der Waals surface area (Å²) in [7, 11) is 0. The monoisotopic (exact) mass is 183 g/mol. The highest BCUT2D eigenvalue weighted by atomic mass is 16.1. The summed E-state index contributed by atoms with van der Waals surface area (Å²) in [5, 5.41) is 1.97. The fourth-order valence-corrected chi connectivity index (χ4v) is 1.50. The van der Waals surface area contributed by atoms with Crippen LogP contribution in [0.4, 0.5) is 0 Å². The number of benzene rings is 2. The van der Waals surface area contributed by atoms with E-state index in [1.807, 2.05) is 36.4 Å². The Morgan fingerprint density at radius 1 is 1.07 bits per heavy atom. The van der Waals surface area contributed by atoms with E-state index in [4.69, 9.17) is 0 Å². The molecular formula is C12H9NO. The quantitative estimate of drug-likeness (QED) is 0.625. The highest BCUT2D eigenvalue weighted by Crippen LogP contribution is 2.18. The van der Waals surface area contributed by atoms with Crippen LogP contribution < -0.4 is 0 Å². The summed E-state index contributed by atoms with van der Waals surface area (Å²) in [5.41, 5.74) is 0.609. The molecule has 0 bridgehead atoms. The lowest BCUT2D eigenvalue weighted by atomic mass is 10.0. The van der Waals surface area contributed by atoms with Crippen LogP contribution in [0.3, 0.4) is 0 Å². The number of hydrogen-bond donors (Lipinski definition) is 0. The maximum atomic E-state index is 11.4. The highest BCUT2D eigenvalue weighted by Gasteiger charge is 2.06. The Morgan fingerprint density at radius 2 is 1.79 bits per heavy atom. The summed E-state index contributed by atoms with van der Waals surface area (Å²) in [4.78, 5) is 14.8. The molecule has 0 spiro atoms. The molecule has 0 aromatic heterocycles. The molecule has 0 N–H and O–H groups in total. The minimum atomic E-state index is -0.276. The molecule has 2 rings (SSSR count). The van der Waals surface area contributed by atoms with Crippen molar-refractivity contribution in [2.45, 2.75) is 0 Å². The van der Waals surface area contributed by atoms with Crippen molar-refractivity contribution < 1.29 is 4.79 Å². The van der Waals surface area contributed by atoms with Crippen LogP contribution >= 0.6 is 0 Å². The van der Waals surface area contributed by atoms with Gasteiger partial charge in [-0.15, -0.1) is 0 Å². The summed E-state index contributed by atoms with van der Waals surface area (Å²) in [5.74, 6) is -0.276. The second-order valence-electron chi connectivity index (χ2n) is 2.99. The Kier molecular flexibility index (Phi) is 2.11. The maximum Gasteiger partial charge on any atom is 0.276 e. The zero-order valence-corrected chi connectivity index (χ0v) is 7.60. The lowest BCUT2D eigenvalue weighted by molar-refractivity contribution is 0.101. The van der Waals surface area contributed by atoms with Crippen LogP contribution in [0.1, 0.15) is 10.4 Å².